The molecule has 0 aliphatic rings. The van der Waals surface area contributed by atoms with Gasteiger partial charge in [0.15, 0.2) is 5.96 Å². The lowest BCUT2D eigenvalue weighted by molar-refractivity contribution is -0.142. The number of carboxylic acids is 1. The van der Waals surface area contributed by atoms with E-state index < -0.39 is 55.5 Å². The van der Waals surface area contributed by atoms with Gasteiger partial charge in [0.25, 0.3) is 0 Å². The predicted molar refractivity (Wildman–Crippen MR) is 90.6 cm³/mol. The second-order valence-corrected chi connectivity index (χ2v) is 5.19. The van der Waals surface area contributed by atoms with Crippen molar-refractivity contribution < 1.29 is 29.4 Å². The molecule has 0 bridgehead atoms. The molecule has 0 aromatic heterocycles. The minimum absolute atomic E-state index is 0.0580. The molecule has 0 aliphatic heterocycles. The van der Waals surface area contributed by atoms with Gasteiger partial charge < -0.3 is 43.4 Å². The Balaban J connectivity index is 4.03. The van der Waals surface area contributed by atoms with E-state index in [9.17, 15) is 19.2 Å². The van der Waals surface area contributed by atoms with Gasteiger partial charge in [-0.25, -0.2) is 4.79 Å². The fraction of sp³-hybridized carbons (Fsp3) is 0.615. The Kier molecular flexibility index (Phi) is 11.0. The van der Waals surface area contributed by atoms with E-state index in [0.29, 0.717) is 19.4 Å². The number of nitrogens with one attached hydrogen (secondary N) is 3. The molecule has 0 saturated heterocycles. The van der Waals surface area contributed by atoms with E-state index in [1.807, 2.05) is 5.32 Å². The van der Waals surface area contributed by atoms with Gasteiger partial charge in [-0.1, -0.05) is 0 Å². The number of carboxylic acid groups (broad SMARTS) is 1. The highest BCUT2D eigenvalue weighted by Gasteiger charge is 2.19. The number of guanidine groups is 1. The van der Waals surface area contributed by atoms with E-state index in [1.165, 1.54) is 0 Å². The molecule has 0 rings (SSSR count). The quantitative estimate of drug-likeness (QED) is 0.0925. The number of hydrogen-bond donors (Lipinski definition) is 8. The minimum Gasteiger partial charge on any atom is -0.480 e. The van der Waals surface area contributed by atoms with Crippen LogP contribution in [0.5, 0.6) is 0 Å². The smallest absolute Gasteiger partial charge is 0.328 e. The number of aliphatic carboxylic acids is 1. The Morgan fingerprint density at radius 1 is 1.04 bits per heavy atom. The lowest BCUT2D eigenvalue weighted by Gasteiger charge is -2.13. The highest BCUT2D eigenvalue weighted by molar-refractivity contribution is 5.90. The number of aliphatic hydroxyl groups excluding tert-OH is 1. The van der Waals surface area contributed by atoms with Gasteiger partial charge in [-0.3, -0.25) is 19.4 Å². The van der Waals surface area contributed by atoms with Crippen LogP contribution in [0.2, 0.25) is 0 Å². The fourth-order valence-electron chi connectivity index (χ4n) is 1.62. The summed E-state index contributed by atoms with van der Waals surface area (Å²) in [6, 6.07) is -2.31. The molecule has 0 unspecified atom stereocenters. The topological polar surface area (TPSA) is 235 Å². The molecular formula is C13H25N7O6. The van der Waals surface area contributed by atoms with Crippen LogP contribution >= 0.6 is 0 Å². The number of hydrogen-bond acceptors (Lipinski definition) is 7. The zero-order valence-corrected chi connectivity index (χ0v) is 14.1. The summed E-state index contributed by atoms with van der Waals surface area (Å²) in [5.74, 6) is -3.49. The number of aliphatic hydroxyl groups is 1. The second kappa shape index (κ2) is 12.4. The van der Waals surface area contributed by atoms with Gasteiger partial charge in [0.05, 0.1) is 25.7 Å². The maximum absolute atomic E-state index is 11.7. The van der Waals surface area contributed by atoms with Gasteiger partial charge in [-0.05, 0) is 12.8 Å². The fourth-order valence-corrected chi connectivity index (χ4v) is 1.62. The van der Waals surface area contributed by atoms with Crippen molar-refractivity contribution in [1.82, 2.24) is 16.0 Å². The van der Waals surface area contributed by atoms with Crippen molar-refractivity contribution in [2.75, 3.05) is 26.2 Å². The summed E-state index contributed by atoms with van der Waals surface area (Å²) >= 11 is 0. The maximum Gasteiger partial charge on any atom is 0.328 e. The summed E-state index contributed by atoms with van der Waals surface area (Å²) in [5.41, 5.74) is 15.9. The van der Waals surface area contributed by atoms with Crippen LogP contribution in [0, 0.1) is 0 Å². The number of amides is 3. The van der Waals surface area contributed by atoms with Gasteiger partial charge in [-0.15, -0.1) is 0 Å². The normalized spacial score (nSPS) is 12.4. The Bertz CT molecular complexity index is 535. The highest BCUT2D eigenvalue weighted by Crippen LogP contribution is 1.95. The van der Waals surface area contributed by atoms with Crippen molar-refractivity contribution in [2.24, 2.45) is 22.2 Å². The zero-order chi connectivity index (χ0) is 20.1. The molecule has 0 radical (unpaired) electrons. The van der Waals surface area contributed by atoms with E-state index in [4.69, 9.17) is 27.4 Å². The van der Waals surface area contributed by atoms with E-state index in [1.54, 1.807) is 0 Å². The molecule has 2 atom stereocenters. The second-order valence-electron chi connectivity index (χ2n) is 5.19. The lowest BCUT2D eigenvalue weighted by Crippen LogP contribution is -2.49. The first kappa shape index (κ1) is 23.1. The third-order valence-corrected chi connectivity index (χ3v) is 2.99. The van der Waals surface area contributed by atoms with Crippen LogP contribution in [0.3, 0.4) is 0 Å². The molecule has 0 aliphatic carbocycles. The molecule has 13 heteroatoms. The Labute approximate surface area is 149 Å². The SMILES string of the molecule is NC(N)=NCCC[C@H](N)C(=O)NCC(=O)NCC(=O)N[C@@H](CO)C(=O)O. The van der Waals surface area contributed by atoms with Crippen LogP contribution in [-0.4, -0.2) is 78.2 Å². The molecule has 0 spiro atoms. The van der Waals surface area contributed by atoms with Crippen LogP contribution in [-0.2, 0) is 19.2 Å². The first-order valence-electron chi connectivity index (χ1n) is 7.65. The van der Waals surface area contributed by atoms with E-state index in [2.05, 4.69) is 15.6 Å². The van der Waals surface area contributed by atoms with Gasteiger partial charge >= 0.3 is 5.97 Å². The largest absolute Gasteiger partial charge is 0.480 e. The summed E-state index contributed by atoms with van der Waals surface area (Å²) in [7, 11) is 0. The Morgan fingerprint density at radius 3 is 2.19 bits per heavy atom. The third-order valence-electron chi connectivity index (χ3n) is 2.99. The first-order valence-corrected chi connectivity index (χ1v) is 7.65. The number of nitrogens with zero attached hydrogens (tertiary/aromatic N) is 1. The summed E-state index contributed by atoms with van der Waals surface area (Å²) < 4.78 is 0. The molecule has 26 heavy (non-hydrogen) atoms. The third kappa shape index (κ3) is 10.8. The molecule has 0 aromatic rings. The van der Waals surface area contributed by atoms with E-state index in [0.717, 1.165) is 0 Å². The predicted octanol–water partition coefficient (Wildman–Crippen LogP) is -4.84. The molecule has 0 fully saturated rings. The van der Waals surface area contributed by atoms with Crippen molar-refractivity contribution in [3.8, 4) is 0 Å². The number of carbonyl (C=O) groups excluding carboxylic acids is 3. The maximum atomic E-state index is 11.7. The van der Waals surface area contributed by atoms with Crippen molar-refractivity contribution in [1.29, 1.82) is 0 Å². The van der Waals surface area contributed by atoms with E-state index in [-0.39, 0.29) is 5.96 Å². The Hall–Kier alpha value is -2.93. The minimum atomic E-state index is -1.46. The summed E-state index contributed by atoms with van der Waals surface area (Å²) in [6.07, 6.45) is 0.791. The average Bonchev–Trinajstić information content (AvgIpc) is 2.58. The lowest BCUT2D eigenvalue weighted by atomic mass is 10.1. The average molecular weight is 375 g/mol. The van der Waals surface area contributed by atoms with E-state index >= 15 is 0 Å². The van der Waals surface area contributed by atoms with Crippen molar-refractivity contribution in [3.05, 3.63) is 0 Å². The van der Waals surface area contributed by atoms with Gasteiger partial charge in [-0.2, -0.15) is 0 Å². The number of aliphatic imine (C=N–C) groups is 1. The van der Waals surface area contributed by atoms with Crippen LogP contribution in [0.25, 0.3) is 0 Å². The van der Waals surface area contributed by atoms with Crippen LogP contribution < -0.4 is 33.2 Å². The number of carbonyl (C=O) groups is 4. The molecular weight excluding hydrogens is 350 g/mol. The number of rotatable bonds is 12. The van der Waals surface area contributed by atoms with Crippen molar-refractivity contribution in [3.63, 3.8) is 0 Å². The van der Waals surface area contributed by atoms with Crippen molar-refractivity contribution in [2.45, 2.75) is 24.9 Å². The van der Waals surface area contributed by atoms with Crippen LogP contribution in [0.1, 0.15) is 12.8 Å². The van der Waals surface area contributed by atoms with Gasteiger partial charge in [0.1, 0.15) is 6.04 Å². The molecule has 3 amide bonds. The molecule has 148 valence electrons. The van der Waals surface area contributed by atoms with Crippen LogP contribution in [0.4, 0.5) is 0 Å². The summed E-state index contributed by atoms with van der Waals surface area (Å²) in [5, 5.41) is 23.9. The summed E-state index contributed by atoms with van der Waals surface area (Å²) in [6.45, 7) is -1.38. The highest BCUT2D eigenvalue weighted by atomic mass is 16.4. The van der Waals surface area contributed by atoms with Gasteiger partial charge in [0, 0.05) is 6.54 Å². The number of nitrogens with two attached hydrogens (primary N) is 3. The van der Waals surface area contributed by atoms with Crippen LogP contribution in [0.15, 0.2) is 4.99 Å². The van der Waals surface area contributed by atoms with Crippen molar-refractivity contribution >= 4 is 29.7 Å². The molecule has 11 N–H and O–H groups in total. The molecule has 0 saturated carbocycles. The molecule has 0 aromatic carbocycles. The standard InChI is InChI=1S/C13H25N7O6/c14-7(2-1-3-17-13(15)16)11(24)19-4-9(22)18-5-10(23)20-8(6-21)12(25)26/h7-8,21H,1-6,14H2,(H,18,22)(H,19,24)(H,20,23)(H,25,26)(H4,15,16,17)/t7-,8-/m0/s1. The zero-order valence-electron chi connectivity index (χ0n) is 14.1. The Morgan fingerprint density at radius 2 is 1.65 bits per heavy atom. The monoisotopic (exact) mass is 375 g/mol. The molecule has 13 nitrogen and oxygen atoms in total. The van der Waals surface area contributed by atoms with Gasteiger partial charge in [0.2, 0.25) is 17.7 Å². The summed E-state index contributed by atoms with van der Waals surface area (Å²) in [4.78, 5) is 49.0. The first-order chi connectivity index (χ1) is 12.2. The molecule has 0 heterocycles.